The van der Waals surface area contributed by atoms with Crippen molar-refractivity contribution in [2.75, 3.05) is 18.4 Å². The molecule has 3 rings (SSSR count). The zero-order chi connectivity index (χ0) is 17.3. The van der Waals surface area contributed by atoms with E-state index in [1.54, 1.807) is 6.07 Å². The van der Waals surface area contributed by atoms with Gasteiger partial charge < -0.3 is 16.0 Å². The fourth-order valence-corrected chi connectivity index (χ4v) is 4.92. The second-order valence-corrected chi connectivity index (χ2v) is 7.80. The van der Waals surface area contributed by atoms with Crippen LogP contribution in [0.5, 0.6) is 0 Å². The molecule has 2 aromatic rings. The predicted octanol–water partition coefficient (Wildman–Crippen LogP) is 3.02. The van der Waals surface area contributed by atoms with Crippen molar-refractivity contribution in [1.29, 1.82) is 0 Å². The molecule has 1 aliphatic heterocycles. The molecule has 1 aliphatic rings. The van der Waals surface area contributed by atoms with Crippen LogP contribution in [-0.2, 0) is 0 Å². The van der Waals surface area contributed by atoms with Gasteiger partial charge in [0.1, 0.15) is 4.88 Å². The molecule has 0 radical (unpaired) electrons. The Morgan fingerprint density at radius 2 is 2.21 bits per heavy atom. The number of carbonyl (C=O) groups excluding carboxylic acids is 2. The number of amides is 2. The number of hydrogen-bond donors (Lipinski definition) is 2. The maximum Gasteiger partial charge on any atom is 0.266 e. The topological polar surface area (TPSA) is 88.3 Å². The molecule has 0 saturated carbocycles. The number of nitrogens with one attached hydrogen (secondary N) is 1. The van der Waals surface area contributed by atoms with Crippen LogP contribution >= 0.6 is 22.7 Å². The molecule has 1 atom stereocenters. The number of primary amides is 1. The fraction of sp³-hybridized carbons (Fsp3) is 0.438. The van der Waals surface area contributed by atoms with E-state index in [4.69, 9.17) is 5.73 Å². The Labute approximate surface area is 148 Å². The number of nitrogens with two attached hydrogens (primary N) is 1. The molecule has 0 aliphatic carbocycles. The Balaban J connectivity index is 1.84. The third kappa shape index (κ3) is 3.16. The normalized spacial score (nSPS) is 17.2. The van der Waals surface area contributed by atoms with Crippen molar-refractivity contribution < 1.29 is 9.59 Å². The number of thiophene rings is 1. The van der Waals surface area contributed by atoms with Gasteiger partial charge >= 0.3 is 0 Å². The van der Waals surface area contributed by atoms with Gasteiger partial charge in [-0.3, -0.25) is 9.59 Å². The van der Waals surface area contributed by atoms with Crippen LogP contribution in [0.1, 0.15) is 55.7 Å². The van der Waals surface area contributed by atoms with Crippen LogP contribution in [0.3, 0.4) is 0 Å². The average molecular weight is 364 g/mol. The van der Waals surface area contributed by atoms with Crippen molar-refractivity contribution in [1.82, 2.24) is 9.88 Å². The number of rotatable bonds is 5. The number of thiazole rings is 1. The van der Waals surface area contributed by atoms with Gasteiger partial charge in [0.25, 0.3) is 11.8 Å². The summed E-state index contributed by atoms with van der Waals surface area (Å²) < 4.78 is 0. The van der Waals surface area contributed by atoms with E-state index in [0.29, 0.717) is 9.75 Å². The molecule has 0 bridgehead atoms. The number of nitrogens with zero attached hydrogens (tertiary/aromatic N) is 2. The lowest BCUT2D eigenvalue weighted by Crippen LogP contribution is -2.30. The van der Waals surface area contributed by atoms with Crippen LogP contribution in [-0.4, -0.2) is 34.8 Å². The highest BCUT2D eigenvalue weighted by Gasteiger charge is 2.33. The molecule has 3 heterocycles. The largest absolute Gasteiger partial charge is 0.365 e. The third-order valence-corrected chi connectivity index (χ3v) is 6.33. The molecule has 0 unspecified atom stereocenters. The van der Waals surface area contributed by atoms with Crippen molar-refractivity contribution in [2.24, 2.45) is 5.73 Å². The molecule has 6 nitrogen and oxygen atoms in total. The fourth-order valence-electron chi connectivity index (χ4n) is 2.92. The Bertz CT molecular complexity index is 768. The van der Waals surface area contributed by atoms with Crippen molar-refractivity contribution >= 4 is 39.6 Å². The number of aryl methyl sites for hydroxylation is 1. The second kappa shape index (κ2) is 6.90. The van der Waals surface area contributed by atoms with Gasteiger partial charge in [0.2, 0.25) is 0 Å². The van der Waals surface area contributed by atoms with Gasteiger partial charge in [-0.1, -0.05) is 11.3 Å². The highest BCUT2D eigenvalue weighted by atomic mass is 32.1. The lowest BCUT2D eigenvalue weighted by atomic mass is 10.2. The summed E-state index contributed by atoms with van der Waals surface area (Å²) >= 11 is 2.78. The van der Waals surface area contributed by atoms with Gasteiger partial charge in [-0.15, -0.1) is 11.3 Å². The van der Waals surface area contributed by atoms with E-state index in [2.05, 4.69) is 10.3 Å². The SMILES string of the molecule is CCNc1nc(C)c(C(=O)N2CCC[C@@H]2c2ccc(C(N)=O)s2)s1. The van der Waals surface area contributed by atoms with E-state index >= 15 is 0 Å². The molecule has 2 amide bonds. The van der Waals surface area contributed by atoms with Crippen LogP contribution in [0.4, 0.5) is 5.13 Å². The van der Waals surface area contributed by atoms with Gasteiger partial charge in [0.15, 0.2) is 5.13 Å². The lowest BCUT2D eigenvalue weighted by Gasteiger charge is -2.23. The van der Waals surface area contributed by atoms with E-state index in [-0.39, 0.29) is 11.9 Å². The van der Waals surface area contributed by atoms with E-state index < -0.39 is 5.91 Å². The Morgan fingerprint density at radius 3 is 2.88 bits per heavy atom. The quantitative estimate of drug-likeness (QED) is 0.853. The van der Waals surface area contributed by atoms with Gasteiger partial charge in [-0.05, 0) is 38.8 Å². The molecule has 2 aromatic heterocycles. The van der Waals surface area contributed by atoms with E-state index in [9.17, 15) is 9.59 Å². The summed E-state index contributed by atoms with van der Waals surface area (Å²) in [4.78, 5) is 32.9. The summed E-state index contributed by atoms with van der Waals surface area (Å²) in [5, 5.41) is 3.94. The summed E-state index contributed by atoms with van der Waals surface area (Å²) in [5.41, 5.74) is 6.10. The van der Waals surface area contributed by atoms with E-state index in [0.717, 1.165) is 41.6 Å². The summed E-state index contributed by atoms with van der Waals surface area (Å²) in [6, 6.07) is 3.66. The van der Waals surface area contributed by atoms with Crippen LogP contribution in [0.25, 0.3) is 0 Å². The molecule has 0 spiro atoms. The number of likely N-dealkylation sites (tertiary alicyclic amines) is 1. The van der Waals surface area contributed by atoms with Crippen LogP contribution < -0.4 is 11.1 Å². The number of hydrogen-bond acceptors (Lipinski definition) is 6. The van der Waals surface area contributed by atoms with Gasteiger partial charge in [0.05, 0.1) is 16.6 Å². The van der Waals surface area contributed by atoms with Gasteiger partial charge in [-0.2, -0.15) is 0 Å². The first-order valence-electron chi connectivity index (χ1n) is 7.93. The molecule has 3 N–H and O–H groups in total. The lowest BCUT2D eigenvalue weighted by molar-refractivity contribution is 0.0741. The second-order valence-electron chi connectivity index (χ2n) is 5.69. The summed E-state index contributed by atoms with van der Waals surface area (Å²) in [5.74, 6) is -0.401. The molecule has 0 aromatic carbocycles. The standard InChI is InChI=1S/C16H20N4O2S2/c1-3-18-16-19-9(2)13(24-16)15(22)20-8-4-5-10(20)11-6-7-12(23-11)14(17)21/h6-7,10H,3-5,8H2,1-2H3,(H2,17,21)(H,18,19)/t10-/m1/s1. The highest BCUT2D eigenvalue weighted by Crippen LogP contribution is 2.38. The minimum absolute atomic E-state index is 0.0136. The van der Waals surface area contributed by atoms with Crippen LogP contribution in [0, 0.1) is 6.92 Å². The van der Waals surface area contributed by atoms with Gasteiger partial charge in [-0.25, -0.2) is 4.98 Å². The zero-order valence-corrected chi connectivity index (χ0v) is 15.3. The average Bonchev–Trinajstić information content (AvgIpc) is 3.25. The van der Waals surface area contributed by atoms with Crippen molar-refractivity contribution in [2.45, 2.75) is 32.7 Å². The molecule has 1 saturated heterocycles. The first-order chi connectivity index (χ1) is 11.5. The third-order valence-electron chi connectivity index (χ3n) is 4.03. The molecule has 1 fully saturated rings. The van der Waals surface area contributed by atoms with Gasteiger partial charge in [0, 0.05) is 18.0 Å². The summed E-state index contributed by atoms with van der Waals surface area (Å²) in [6.45, 7) is 5.37. The van der Waals surface area contributed by atoms with Crippen LogP contribution in [0.15, 0.2) is 12.1 Å². The van der Waals surface area contributed by atoms with Crippen molar-refractivity contribution in [3.05, 3.63) is 32.5 Å². The van der Waals surface area contributed by atoms with E-state index in [1.165, 1.54) is 22.7 Å². The Hall–Kier alpha value is -1.93. The Kier molecular flexibility index (Phi) is 4.86. The Morgan fingerprint density at radius 1 is 1.42 bits per heavy atom. The predicted molar refractivity (Wildman–Crippen MR) is 96.9 cm³/mol. The maximum absolute atomic E-state index is 13.0. The highest BCUT2D eigenvalue weighted by molar-refractivity contribution is 7.17. The smallest absolute Gasteiger partial charge is 0.266 e. The summed E-state index contributed by atoms with van der Waals surface area (Å²) in [7, 11) is 0. The number of carbonyl (C=O) groups is 2. The number of anilines is 1. The van der Waals surface area contributed by atoms with Crippen molar-refractivity contribution in [3.63, 3.8) is 0 Å². The molecule has 128 valence electrons. The van der Waals surface area contributed by atoms with E-state index in [1.807, 2.05) is 24.8 Å². The zero-order valence-electron chi connectivity index (χ0n) is 13.7. The molecular weight excluding hydrogens is 344 g/mol. The minimum atomic E-state index is -0.421. The number of aromatic nitrogens is 1. The molecule has 24 heavy (non-hydrogen) atoms. The molecular formula is C16H20N4O2S2. The first kappa shape index (κ1) is 16.9. The minimum Gasteiger partial charge on any atom is -0.365 e. The monoisotopic (exact) mass is 364 g/mol. The van der Waals surface area contributed by atoms with Crippen LogP contribution in [0.2, 0.25) is 0 Å². The molecule has 8 heteroatoms. The maximum atomic E-state index is 13.0. The van der Waals surface area contributed by atoms with Crippen molar-refractivity contribution in [3.8, 4) is 0 Å². The first-order valence-corrected chi connectivity index (χ1v) is 9.56. The summed E-state index contributed by atoms with van der Waals surface area (Å²) in [6.07, 6.45) is 1.86.